The van der Waals surface area contributed by atoms with Gasteiger partial charge in [0, 0.05) is 11.5 Å². The van der Waals surface area contributed by atoms with Crippen LogP contribution in [0.2, 0.25) is 0 Å². The maximum atomic E-state index is 12.9. The number of carbonyl (C=O) groups is 1. The summed E-state index contributed by atoms with van der Waals surface area (Å²) in [4.78, 5) is 21.8. The number of carbonyl (C=O) groups excluding carboxylic acids is 1. The second kappa shape index (κ2) is 6.03. The maximum absolute atomic E-state index is 12.9. The molecule has 2 heterocycles. The van der Waals surface area contributed by atoms with Crippen molar-refractivity contribution in [3.05, 3.63) is 23.3 Å². The first-order chi connectivity index (χ1) is 12.2. The Labute approximate surface area is 154 Å². The zero-order chi connectivity index (χ0) is 18.6. The summed E-state index contributed by atoms with van der Waals surface area (Å²) < 4.78 is 1.76. The molecule has 2 saturated carbocycles. The number of aromatic nitrogens is 4. The minimum Gasteiger partial charge on any atom is -0.348 e. The van der Waals surface area contributed by atoms with Crippen LogP contribution >= 0.6 is 0 Å². The number of nitrogens with one attached hydrogen (secondary N) is 1. The lowest BCUT2D eigenvalue weighted by molar-refractivity contribution is 0.0910. The highest BCUT2D eigenvalue weighted by atomic mass is 16.1. The highest BCUT2D eigenvalue weighted by Crippen LogP contribution is 2.49. The lowest BCUT2D eigenvalue weighted by Gasteiger charge is -2.28. The number of amides is 1. The van der Waals surface area contributed by atoms with Gasteiger partial charge >= 0.3 is 0 Å². The Balaban J connectivity index is 1.60. The molecule has 2 bridgehead atoms. The predicted octanol–water partition coefficient (Wildman–Crippen LogP) is 3.28. The Morgan fingerprint density at radius 1 is 1.27 bits per heavy atom. The van der Waals surface area contributed by atoms with Crippen LogP contribution in [0.5, 0.6) is 0 Å². The van der Waals surface area contributed by atoms with Gasteiger partial charge in [-0.05, 0) is 56.9 Å². The highest BCUT2D eigenvalue weighted by Gasteiger charge is 2.42. The van der Waals surface area contributed by atoms with E-state index in [1.54, 1.807) is 4.52 Å². The molecule has 6 heteroatoms. The summed E-state index contributed by atoms with van der Waals surface area (Å²) in [7, 11) is 0. The van der Waals surface area contributed by atoms with Crippen LogP contribution in [0, 0.1) is 24.7 Å². The molecule has 2 aromatic heterocycles. The first-order valence-electron chi connectivity index (χ1n) is 9.78. The standard InChI is InChI=1S/C20H29N5O/c1-11(15-9-13-6-7-14(15)8-13)21-18(26)16-10-17(20(3,4)5)25-19(23-16)22-12(2)24-25/h10-11,13-15H,6-9H2,1-5H3,(H,21,26)/t11-,13+,14+,15-/m1/s1. The summed E-state index contributed by atoms with van der Waals surface area (Å²) >= 11 is 0. The van der Waals surface area contributed by atoms with E-state index in [2.05, 4.69) is 48.1 Å². The van der Waals surface area contributed by atoms with E-state index in [-0.39, 0.29) is 17.4 Å². The highest BCUT2D eigenvalue weighted by molar-refractivity contribution is 5.93. The molecule has 0 radical (unpaired) electrons. The van der Waals surface area contributed by atoms with E-state index in [0.29, 0.717) is 23.2 Å². The Kier molecular flexibility index (Phi) is 4.04. The Hall–Kier alpha value is -1.98. The second-order valence-corrected chi connectivity index (χ2v) is 9.25. The first-order valence-corrected chi connectivity index (χ1v) is 9.78. The van der Waals surface area contributed by atoms with E-state index in [0.717, 1.165) is 17.5 Å². The third kappa shape index (κ3) is 2.99. The molecule has 0 saturated heterocycles. The van der Waals surface area contributed by atoms with E-state index in [4.69, 9.17) is 0 Å². The van der Waals surface area contributed by atoms with Crippen LogP contribution in [0.4, 0.5) is 0 Å². The zero-order valence-electron chi connectivity index (χ0n) is 16.4. The van der Waals surface area contributed by atoms with E-state index < -0.39 is 0 Å². The molecule has 6 nitrogen and oxygen atoms in total. The molecule has 4 rings (SSSR count). The summed E-state index contributed by atoms with van der Waals surface area (Å²) in [5.41, 5.74) is 1.22. The van der Waals surface area contributed by atoms with Gasteiger partial charge in [-0.25, -0.2) is 9.50 Å². The minimum absolute atomic E-state index is 0.103. The van der Waals surface area contributed by atoms with Crippen LogP contribution in [0.3, 0.4) is 0 Å². The fourth-order valence-corrected chi connectivity index (χ4v) is 4.91. The molecule has 26 heavy (non-hydrogen) atoms. The molecule has 1 N–H and O–H groups in total. The van der Waals surface area contributed by atoms with Gasteiger partial charge in [0.05, 0.1) is 5.69 Å². The van der Waals surface area contributed by atoms with Gasteiger partial charge in [-0.3, -0.25) is 4.79 Å². The summed E-state index contributed by atoms with van der Waals surface area (Å²) in [6, 6.07) is 2.05. The molecule has 0 unspecified atom stereocenters. The van der Waals surface area contributed by atoms with Crippen LogP contribution in [0.15, 0.2) is 6.07 Å². The second-order valence-electron chi connectivity index (χ2n) is 9.25. The van der Waals surface area contributed by atoms with Crippen molar-refractivity contribution < 1.29 is 4.79 Å². The third-order valence-corrected chi connectivity index (χ3v) is 6.21. The zero-order valence-corrected chi connectivity index (χ0v) is 16.4. The Bertz CT molecular complexity index is 850. The average molecular weight is 355 g/mol. The molecule has 2 aliphatic rings. The topological polar surface area (TPSA) is 72.2 Å². The normalized spacial score (nSPS) is 26.4. The Morgan fingerprint density at radius 3 is 2.65 bits per heavy atom. The monoisotopic (exact) mass is 355 g/mol. The number of hydrogen-bond acceptors (Lipinski definition) is 4. The summed E-state index contributed by atoms with van der Waals surface area (Å²) in [5, 5.41) is 7.66. The fraction of sp³-hybridized carbons (Fsp3) is 0.700. The SMILES string of the molecule is Cc1nc2nc(C(=O)N[C@H](C)[C@H]3C[C@H]4CC[C@H]3C4)cc(C(C)(C)C)n2n1. The predicted molar refractivity (Wildman–Crippen MR) is 100 cm³/mol. The average Bonchev–Trinajstić information content (AvgIpc) is 3.26. The molecule has 2 aromatic rings. The molecule has 2 aliphatic carbocycles. The molecular formula is C20H29N5O. The van der Waals surface area contributed by atoms with Gasteiger partial charge in [-0.15, -0.1) is 0 Å². The van der Waals surface area contributed by atoms with Crippen molar-refractivity contribution in [2.45, 2.75) is 71.8 Å². The number of fused-ring (bicyclic) bond motifs is 3. The fourth-order valence-electron chi connectivity index (χ4n) is 4.91. The molecule has 140 valence electrons. The molecule has 1 amide bonds. The lowest BCUT2D eigenvalue weighted by atomic mass is 9.84. The van der Waals surface area contributed by atoms with Crippen molar-refractivity contribution in [3.8, 4) is 0 Å². The van der Waals surface area contributed by atoms with Gasteiger partial charge in [0.15, 0.2) is 0 Å². The van der Waals surface area contributed by atoms with E-state index in [1.807, 2.05) is 13.0 Å². The quantitative estimate of drug-likeness (QED) is 0.917. The number of rotatable bonds is 3. The molecule has 4 atom stereocenters. The maximum Gasteiger partial charge on any atom is 0.270 e. The first kappa shape index (κ1) is 17.4. The summed E-state index contributed by atoms with van der Waals surface area (Å²) in [5.74, 6) is 3.33. The van der Waals surface area contributed by atoms with Crippen LogP contribution in [0.25, 0.3) is 5.78 Å². The van der Waals surface area contributed by atoms with E-state index in [1.165, 1.54) is 25.7 Å². The largest absolute Gasteiger partial charge is 0.348 e. The van der Waals surface area contributed by atoms with Crippen molar-refractivity contribution in [1.82, 2.24) is 24.9 Å². The van der Waals surface area contributed by atoms with E-state index >= 15 is 0 Å². The molecular weight excluding hydrogens is 326 g/mol. The van der Waals surface area contributed by atoms with E-state index in [9.17, 15) is 4.79 Å². The van der Waals surface area contributed by atoms with Gasteiger partial charge in [0.2, 0.25) is 0 Å². The molecule has 0 aliphatic heterocycles. The Morgan fingerprint density at radius 2 is 2.04 bits per heavy atom. The van der Waals surface area contributed by atoms with Crippen LogP contribution in [-0.2, 0) is 5.41 Å². The minimum atomic E-state index is -0.160. The van der Waals surface area contributed by atoms with Crippen molar-refractivity contribution in [2.24, 2.45) is 17.8 Å². The van der Waals surface area contributed by atoms with Crippen molar-refractivity contribution in [1.29, 1.82) is 0 Å². The van der Waals surface area contributed by atoms with Crippen molar-refractivity contribution in [3.63, 3.8) is 0 Å². The number of aryl methyl sites for hydroxylation is 1. The molecule has 0 aromatic carbocycles. The summed E-state index contributed by atoms with van der Waals surface area (Å²) in [6.45, 7) is 10.3. The van der Waals surface area contributed by atoms with Gasteiger partial charge in [0.25, 0.3) is 11.7 Å². The smallest absolute Gasteiger partial charge is 0.270 e. The molecule has 2 fully saturated rings. The van der Waals surface area contributed by atoms with Gasteiger partial charge in [0.1, 0.15) is 11.5 Å². The van der Waals surface area contributed by atoms with Gasteiger partial charge in [-0.1, -0.05) is 27.2 Å². The van der Waals surface area contributed by atoms with Crippen LogP contribution in [0.1, 0.15) is 75.4 Å². The van der Waals surface area contributed by atoms with Gasteiger partial charge in [-0.2, -0.15) is 10.1 Å². The summed E-state index contributed by atoms with van der Waals surface area (Å²) in [6.07, 6.45) is 5.31. The van der Waals surface area contributed by atoms with Crippen LogP contribution < -0.4 is 5.32 Å². The lowest BCUT2D eigenvalue weighted by Crippen LogP contribution is -2.40. The molecule has 0 spiro atoms. The van der Waals surface area contributed by atoms with Gasteiger partial charge < -0.3 is 5.32 Å². The number of nitrogens with zero attached hydrogens (tertiary/aromatic N) is 4. The third-order valence-electron chi connectivity index (χ3n) is 6.21. The van der Waals surface area contributed by atoms with Crippen molar-refractivity contribution in [2.75, 3.05) is 0 Å². The number of hydrogen-bond donors (Lipinski definition) is 1. The van der Waals surface area contributed by atoms with Crippen molar-refractivity contribution >= 4 is 11.7 Å². The van der Waals surface area contributed by atoms with Crippen LogP contribution in [-0.4, -0.2) is 31.5 Å².